The Morgan fingerprint density at radius 1 is 1.70 bits per heavy atom. The molecule has 0 spiro atoms. The minimum absolute atomic E-state index is 0.0220. The lowest BCUT2D eigenvalue weighted by Crippen LogP contribution is -2.08. The maximum Gasteiger partial charge on any atom is 0.304 e. The third kappa shape index (κ3) is 1.20. The van der Waals surface area contributed by atoms with Crippen LogP contribution in [0.3, 0.4) is 0 Å². The van der Waals surface area contributed by atoms with Gasteiger partial charge in [0.15, 0.2) is 0 Å². The van der Waals surface area contributed by atoms with Crippen LogP contribution < -0.4 is 0 Å². The Kier molecular flexibility index (Phi) is 1.55. The third-order valence-corrected chi connectivity index (χ3v) is 2.25. The van der Waals surface area contributed by atoms with Crippen molar-refractivity contribution in [1.82, 2.24) is 0 Å². The molecule has 0 aliphatic heterocycles. The molecule has 0 saturated heterocycles. The first-order chi connectivity index (χ1) is 4.57. The van der Waals surface area contributed by atoms with Gasteiger partial charge < -0.3 is 5.11 Å². The van der Waals surface area contributed by atoms with Crippen molar-refractivity contribution in [3.8, 4) is 0 Å². The van der Waals surface area contributed by atoms with Crippen LogP contribution in [-0.4, -0.2) is 11.1 Å². The van der Waals surface area contributed by atoms with Crippen LogP contribution in [0.2, 0.25) is 0 Å². The van der Waals surface area contributed by atoms with Crippen LogP contribution in [0.15, 0.2) is 12.2 Å². The maximum absolute atomic E-state index is 10.3. The molecule has 1 saturated carbocycles. The van der Waals surface area contributed by atoms with E-state index in [-0.39, 0.29) is 11.8 Å². The third-order valence-electron chi connectivity index (χ3n) is 2.25. The van der Waals surface area contributed by atoms with Crippen molar-refractivity contribution in [1.29, 1.82) is 0 Å². The van der Waals surface area contributed by atoms with Crippen molar-refractivity contribution >= 4 is 5.97 Å². The zero-order valence-corrected chi connectivity index (χ0v) is 6.18. The Morgan fingerprint density at radius 2 is 2.20 bits per heavy atom. The van der Waals surface area contributed by atoms with E-state index in [0.717, 1.165) is 18.4 Å². The van der Waals surface area contributed by atoms with Crippen LogP contribution in [0.4, 0.5) is 0 Å². The highest BCUT2D eigenvalue weighted by Gasteiger charge is 2.44. The molecule has 0 bridgehead atoms. The number of rotatable bonds is 3. The molecule has 0 amide bonds. The standard InChI is InChI=1S/C8H12O2/c1-6(2)8(3-4-8)5-7(9)10/h1,3-5H2,2H3,(H,9,10). The lowest BCUT2D eigenvalue weighted by atomic mass is 9.95. The summed E-state index contributed by atoms with van der Waals surface area (Å²) >= 11 is 0. The maximum atomic E-state index is 10.3. The number of aliphatic carboxylic acids is 1. The van der Waals surface area contributed by atoms with Gasteiger partial charge in [0.1, 0.15) is 0 Å². The molecule has 56 valence electrons. The van der Waals surface area contributed by atoms with E-state index in [0.29, 0.717) is 0 Å². The van der Waals surface area contributed by atoms with Crippen LogP contribution in [-0.2, 0) is 4.79 Å². The topological polar surface area (TPSA) is 37.3 Å². The second kappa shape index (κ2) is 2.11. The molecule has 2 heteroatoms. The van der Waals surface area contributed by atoms with Gasteiger partial charge in [0.2, 0.25) is 0 Å². The summed E-state index contributed by atoms with van der Waals surface area (Å²) in [6.45, 7) is 5.69. The summed E-state index contributed by atoms with van der Waals surface area (Å²) in [5, 5.41) is 8.50. The second-order valence-electron chi connectivity index (χ2n) is 3.13. The summed E-state index contributed by atoms with van der Waals surface area (Å²) in [6, 6.07) is 0. The van der Waals surface area contributed by atoms with E-state index >= 15 is 0 Å². The van der Waals surface area contributed by atoms with E-state index in [4.69, 9.17) is 5.11 Å². The molecule has 0 atom stereocenters. The van der Waals surface area contributed by atoms with Gasteiger partial charge in [-0.2, -0.15) is 0 Å². The van der Waals surface area contributed by atoms with Crippen molar-refractivity contribution in [2.75, 3.05) is 0 Å². The van der Waals surface area contributed by atoms with Gasteiger partial charge in [0.25, 0.3) is 0 Å². The molecule has 1 N–H and O–H groups in total. The average Bonchev–Trinajstić information content (AvgIpc) is 2.46. The predicted octanol–water partition coefficient (Wildman–Crippen LogP) is 1.82. The van der Waals surface area contributed by atoms with Gasteiger partial charge in [-0.25, -0.2) is 0 Å². The summed E-state index contributed by atoms with van der Waals surface area (Å²) in [4.78, 5) is 10.3. The zero-order chi connectivity index (χ0) is 7.78. The lowest BCUT2D eigenvalue weighted by Gasteiger charge is -2.10. The molecule has 1 rings (SSSR count). The van der Waals surface area contributed by atoms with E-state index in [1.165, 1.54) is 0 Å². The molecule has 0 radical (unpaired) electrons. The Balaban J connectivity index is 2.53. The van der Waals surface area contributed by atoms with Gasteiger partial charge in [0.05, 0.1) is 6.42 Å². The summed E-state index contributed by atoms with van der Waals surface area (Å²) in [7, 11) is 0. The van der Waals surface area contributed by atoms with Gasteiger partial charge in [-0.15, -0.1) is 0 Å². The number of carboxylic acids is 1. The van der Waals surface area contributed by atoms with E-state index in [1.807, 2.05) is 6.92 Å². The predicted molar refractivity (Wildman–Crippen MR) is 38.7 cm³/mol. The highest BCUT2D eigenvalue weighted by Crippen LogP contribution is 2.53. The van der Waals surface area contributed by atoms with Crippen LogP contribution >= 0.6 is 0 Å². The van der Waals surface area contributed by atoms with E-state index in [9.17, 15) is 4.79 Å². The molecule has 0 unspecified atom stereocenters. The largest absolute Gasteiger partial charge is 0.481 e. The van der Waals surface area contributed by atoms with E-state index < -0.39 is 5.97 Å². The van der Waals surface area contributed by atoms with Gasteiger partial charge in [0, 0.05) is 5.41 Å². The fourth-order valence-corrected chi connectivity index (χ4v) is 1.19. The Labute approximate surface area is 60.6 Å². The van der Waals surface area contributed by atoms with Crippen LogP contribution in [0, 0.1) is 5.41 Å². The van der Waals surface area contributed by atoms with Gasteiger partial charge in [-0.05, 0) is 19.8 Å². The number of hydrogen-bond donors (Lipinski definition) is 1. The Hall–Kier alpha value is -0.790. The van der Waals surface area contributed by atoms with Crippen molar-refractivity contribution in [2.45, 2.75) is 26.2 Å². The lowest BCUT2D eigenvalue weighted by molar-refractivity contribution is -0.138. The minimum atomic E-state index is -0.708. The number of hydrogen-bond acceptors (Lipinski definition) is 1. The van der Waals surface area contributed by atoms with Crippen LogP contribution in [0.5, 0.6) is 0 Å². The molecule has 1 fully saturated rings. The quantitative estimate of drug-likeness (QED) is 0.607. The summed E-state index contributed by atoms with van der Waals surface area (Å²) in [5.74, 6) is -0.708. The Bertz CT molecular complexity index is 178. The summed E-state index contributed by atoms with van der Waals surface area (Å²) in [6.07, 6.45) is 2.28. The molecular formula is C8H12O2. The van der Waals surface area contributed by atoms with Gasteiger partial charge in [-0.1, -0.05) is 12.2 Å². The first-order valence-electron chi connectivity index (χ1n) is 3.45. The number of allylic oxidation sites excluding steroid dienone is 1. The average molecular weight is 140 g/mol. The Morgan fingerprint density at radius 3 is 2.30 bits per heavy atom. The fourth-order valence-electron chi connectivity index (χ4n) is 1.19. The summed E-state index contributed by atoms with van der Waals surface area (Å²) < 4.78 is 0. The molecule has 1 aliphatic carbocycles. The molecule has 0 heterocycles. The van der Waals surface area contributed by atoms with Crippen molar-refractivity contribution in [3.05, 3.63) is 12.2 Å². The SMILES string of the molecule is C=C(C)C1(CC(=O)O)CC1. The highest BCUT2D eigenvalue weighted by molar-refractivity contribution is 5.69. The minimum Gasteiger partial charge on any atom is -0.481 e. The second-order valence-corrected chi connectivity index (χ2v) is 3.13. The highest BCUT2D eigenvalue weighted by atomic mass is 16.4. The van der Waals surface area contributed by atoms with Crippen LogP contribution in [0.25, 0.3) is 0 Å². The summed E-state index contributed by atoms with van der Waals surface area (Å²) in [5.41, 5.74) is 1.00. The smallest absolute Gasteiger partial charge is 0.304 e. The van der Waals surface area contributed by atoms with Crippen molar-refractivity contribution in [2.24, 2.45) is 5.41 Å². The molecule has 0 aromatic rings. The number of carbonyl (C=O) groups is 1. The first-order valence-corrected chi connectivity index (χ1v) is 3.45. The molecule has 0 aromatic heterocycles. The van der Waals surface area contributed by atoms with Crippen LogP contribution in [0.1, 0.15) is 26.2 Å². The monoisotopic (exact) mass is 140 g/mol. The fraction of sp³-hybridized carbons (Fsp3) is 0.625. The molecule has 2 nitrogen and oxygen atoms in total. The molecule has 1 aliphatic rings. The molecule has 10 heavy (non-hydrogen) atoms. The van der Waals surface area contributed by atoms with E-state index in [2.05, 4.69) is 6.58 Å². The first kappa shape index (κ1) is 7.32. The van der Waals surface area contributed by atoms with Gasteiger partial charge >= 0.3 is 5.97 Å². The van der Waals surface area contributed by atoms with Gasteiger partial charge in [-0.3, -0.25) is 4.79 Å². The van der Waals surface area contributed by atoms with Crippen molar-refractivity contribution < 1.29 is 9.90 Å². The number of carboxylic acid groups (broad SMARTS) is 1. The zero-order valence-electron chi connectivity index (χ0n) is 6.18. The van der Waals surface area contributed by atoms with E-state index in [1.54, 1.807) is 0 Å². The molecular weight excluding hydrogens is 128 g/mol. The normalized spacial score (nSPS) is 20.1. The van der Waals surface area contributed by atoms with Crippen molar-refractivity contribution in [3.63, 3.8) is 0 Å². The molecule has 0 aromatic carbocycles.